The van der Waals surface area contributed by atoms with Crippen molar-refractivity contribution in [1.82, 2.24) is 19.9 Å². The Hall–Kier alpha value is -2.65. The zero-order valence-corrected chi connectivity index (χ0v) is 18.5. The van der Waals surface area contributed by atoms with Crippen molar-refractivity contribution >= 4 is 34.9 Å². The number of carbonyl (C=O) groups excluding carboxylic acids is 2. The molecule has 0 N–H and O–H groups in total. The molecule has 1 saturated heterocycles. The molecule has 1 aliphatic heterocycles. The van der Waals surface area contributed by atoms with Gasteiger partial charge in [-0.3, -0.25) is 9.59 Å². The molecule has 0 spiro atoms. The maximum atomic E-state index is 13.2. The van der Waals surface area contributed by atoms with Crippen molar-refractivity contribution in [2.45, 2.75) is 24.5 Å². The first kappa shape index (κ1) is 20.6. The van der Waals surface area contributed by atoms with E-state index < -0.39 is 0 Å². The fourth-order valence-electron chi connectivity index (χ4n) is 3.30. The predicted octanol–water partition coefficient (Wildman–Crippen LogP) is 3.64. The largest absolute Gasteiger partial charge is 0.351 e. The number of carbonyl (C=O) groups is 2. The molecular formula is C21H22N4O3S2. The minimum Gasteiger partial charge on any atom is -0.351 e. The predicted molar refractivity (Wildman–Crippen MR) is 116 cm³/mol. The minimum atomic E-state index is -0.183. The molecule has 1 fully saturated rings. The highest BCUT2D eigenvalue weighted by atomic mass is 32.2. The third kappa shape index (κ3) is 4.57. The number of hydrogen-bond donors (Lipinski definition) is 0. The summed E-state index contributed by atoms with van der Waals surface area (Å²) in [5.41, 5.74) is 2.40. The van der Waals surface area contributed by atoms with E-state index in [1.54, 1.807) is 41.0 Å². The number of aromatic nitrogens is 2. The molecule has 0 radical (unpaired) electrons. The zero-order chi connectivity index (χ0) is 21.1. The second kappa shape index (κ2) is 9.01. The SMILES string of the molecule is Cc1cc(C(=O)N2CCN(C(=O)c3ccccc3SCc3csc(C)n3)CC2)on1. The molecule has 1 aromatic carbocycles. The van der Waals surface area contributed by atoms with E-state index >= 15 is 0 Å². The van der Waals surface area contributed by atoms with Crippen molar-refractivity contribution in [3.05, 3.63) is 63.4 Å². The molecule has 0 aliphatic carbocycles. The molecule has 1 aliphatic rings. The van der Waals surface area contributed by atoms with Crippen molar-refractivity contribution in [2.24, 2.45) is 0 Å². The fraction of sp³-hybridized carbons (Fsp3) is 0.333. The highest BCUT2D eigenvalue weighted by Crippen LogP contribution is 2.28. The molecule has 2 amide bonds. The van der Waals surface area contributed by atoms with Gasteiger partial charge in [0.15, 0.2) is 0 Å². The van der Waals surface area contributed by atoms with Gasteiger partial charge < -0.3 is 14.3 Å². The van der Waals surface area contributed by atoms with Gasteiger partial charge in [-0.2, -0.15) is 0 Å². The summed E-state index contributed by atoms with van der Waals surface area (Å²) < 4.78 is 5.07. The number of rotatable bonds is 5. The average Bonchev–Trinajstić information content (AvgIpc) is 3.39. The lowest BCUT2D eigenvalue weighted by Crippen LogP contribution is -2.50. The number of aryl methyl sites for hydroxylation is 2. The quantitative estimate of drug-likeness (QED) is 0.562. The normalized spacial score (nSPS) is 14.2. The number of benzene rings is 1. The second-order valence-corrected chi connectivity index (χ2v) is 9.14. The molecule has 0 unspecified atom stereocenters. The first-order valence-corrected chi connectivity index (χ1v) is 11.5. The van der Waals surface area contributed by atoms with E-state index in [0.717, 1.165) is 21.3 Å². The van der Waals surface area contributed by atoms with Gasteiger partial charge in [0, 0.05) is 48.3 Å². The molecule has 3 heterocycles. The van der Waals surface area contributed by atoms with Crippen LogP contribution in [0.3, 0.4) is 0 Å². The van der Waals surface area contributed by atoms with Crippen LogP contribution < -0.4 is 0 Å². The summed E-state index contributed by atoms with van der Waals surface area (Å²) in [5, 5.41) is 6.87. The summed E-state index contributed by atoms with van der Waals surface area (Å²) in [5.74, 6) is 0.784. The van der Waals surface area contributed by atoms with Crippen LogP contribution in [0.25, 0.3) is 0 Å². The first-order valence-electron chi connectivity index (χ1n) is 9.66. The standard InChI is InChI=1S/C21H22N4O3S2/c1-14-11-18(28-23-14)21(27)25-9-7-24(8-10-25)20(26)17-5-3-4-6-19(17)30-13-16-12-29-15(2)22-16/h3-6,11-12H,7-10,13H2,1-2H3. The van der Waals surface area contributed by atoms with E-state index in [4.69, 9.17) is 4.52 Å². The topological polar surface area (TPSA) is 79.5 Å². The van der Waals surface area contributed by atoms with Crippen molar-refractivity contribution in [3.8, 4) is 0 Å². The summed E-state index contributed by atoms with van der Waals surface area (Å²) >= 11 is 3.26. The lowest BCUT2D eigenvalue weighted by Gasteiger charge is -2.34. The van der Waals surface area contributed by atoms with Gasteiger partial charge in [-0.05, 0) is 26.0 Å². The molecular weight excluding hydrogens is 420 g/mol. The summed E-state index contributed by atoms with van der Waals surface area (Å²) in [6, 6.07) is 9.31. The zero-order valence-electron chi connectivity index (χ0n) is 16.8. The molecule has 156 valence electrons. The van der Waals surface area contributed by atoms with Crippen molar-refractivity contribution in [1.29, 1.82) is 0 Å². The molecule has 7 nitrogen and oxygen atoms in total. The lowest BCUT2D eigenvalue weighted by molar-refractivity contribution is 0.0511. The van der Waals surface area contributed by atoms with Crippen LogP contribution in [0, 0.1) is 13.8 Å². The maximum absolute atomic E-state index is 13.2. The van der Waals surface area contributed by atoms with Gasteiger partial charge in [-0.25, -0.2) is 4.98 Å². The van der Waals surface area contributed by atoms with Gasteiger partial charge >= 0.3 is 0 Å². The van der Waals surface area contributed by atoms with Crippen molar-refractivity contribution < 1.29 is 14.1 Å². The Morgan fingerprint density at radius 1 is 1.10 bits per heavy atom. The van der Waals surface area contributed by atoms with Crippen LogP contribution in [0.1, 0.15) is 37.3 Å². The number of amides is 2. The van der Waals surface area contributed by atoms with E-state index in [-0.39, 0.29) is 17.6 Å². The number of thioether (sulfide) groups is 1. The van der Waals surface area contributed by atoms with E-state index in [9.17, 15) is 9.59 Å². The molecule has 2 aromatic heterocycles. The molecule has 0 bridgehead atoms. The highest BCUT2D eigenvalue weighted by Gasteiger charge is 2.28. The summed E-state index contributed by atoms with van der Waals surface area (Å²) in [7, 11) is 0. The van der Waals surface area contributed by atoms with E-state index in [2.05, 4.69) is 15.5 Å². The van der Waals surface area contributed by atoms with Crippen LogP contribution in [0.4, 0.5) is 0 Å². The van der Waals surface area contributed by atoms with Gasteiger partial charge in [-0.1, -0.05) is 17.3 Å². The van der Waals surface area contributed by atoms with Crippen LogP contribution in [-0.4, -0.2) is 57.9 Å². The molecule has 4 rings (SSSR count). The first-order chi connectivity index (χ1) is 14.5. The Kier molecular flexibility index (Phi) is 6.19. The molecule has 0 atom stereocenters. The Balaban J connectivity index is 1.39. The third-order valence-electron chi connectivity index (χ3n) is 4.85. The van der Waals surface area contributed by atoms with Crippen molar-refractivity contribution in [3.63, 3.8) is 0 Å². The molecule has 3 aromatic rings. The number of thiazole rings is 1. The number of piperazine rings is 1. The Labute approximate surface area is 183 Å². The lowest BCUT2D eigenvalue weighted by atomic mass is 10.1. The van der Waals surface area contributed by atoms with Gasteiger partial charge in [0.25, 0.3) is 11.8 Å². The van der Waals surface area contributed by atoms with E-state index in [1.165, 1.54) is 0 Å². The van der Waals surface area contributed by atoms with Crippen LogP contribution in [0.5, 0.6) is 0 Å². The van der Waals surface area contributed by atoms with Gasteiger partial charge in [-0.15, -0.1) is 23.1 Å². The Morgan fingerprint density at radius 3 is 2.43 bits per heavy atom. The van der Waals surface area contributed by atoms with Gasteiger partial charge in [0.1, 0.15) is 0 Å². The van der Waals surface area contributed by atoms with Crippen LogP contribution in [0.2, 0.25) is 0 Å². The smallest absolute Gasteiger partial charge is 0.292 e. The second-order valence-electron chi connectivity index (χ2n) is 7.06. The molecule has 30 heavy (non-hydrogen) atoms. The molecule has 0 saturated carbocycles. The molecule has 9 heteroatoms. The third-order valence-corrected chi connectivity index (χ3v) is 6.78. The van der Waals surface area contributed by atoms with Crippen LogP contribution in [-0.2, 0) is 5.75 Å². The monoisotopic (exact) mass is 442 g/mol. The minimum absolute atomic E-state index is 0.00447. The van der Waals surface area contributed by atoms with Crippen molar-refractivity contribution in [2.75, 3.05) is 26.2 Å². The summed E-state index contributed by atoms with van der Waals surface area (Å²) in [6.45, 7) is 5.69. The van der Waals surface area contributed by atoms with Crippen LogP contribution in [0.15, 0.2) is 45.1 Å². The Bertz CT molecular complexity index is 1050. The van der Waals surface area contributed by atoms with E-state index in [1.807, 2.05) is 36.1 Å². The fourth-order valence-corrected chi connectivity index (χ4v) is 4.95. The summed E-state index contributed by atoms with van der Waals surface area (Å²) in [6.07, 6.45) is 0. The van der Waals surface area contributed by atoms with Gasteiger partial charge in [0.2, 0.25) is 5.76 Å². The maximum Gasteiger partial charge on any atom is 0.292 e. The van der Waals surface area contributed by atoms with E-state index in [0.29, 0.717) is 37.4 Å². The highest BCUT2D eigenvalue weighted by molar-refractivity contribution is 7.98. The van der Waals surface area contributed by atoms with Gasteiger partial charge in [0.05, 0.1) is 22.0 Å². The number of hydrogen-bond acceptors (Lipinski definition) is 7. The Morgan fingerprint density at radius 2 is 1.80 bits per heavy atom. The summed E-state index contributed by atoms with van der Waals surface area (Å²) in [4.78, 5) is 34.6. The average molecular weight is 443 g/mol. The number of nitrogens with zero attached hydrogens (tertiary/aromatic N) is 4. The van der Waals surface area contributed by atoms with Crippen LogP contribution >= 0.6 is 23.1 Å².